The van der Waals surface area contributed by atoms with Gasteiger partial charge in [-0.25, -0.2) is 4.79 Å². The number of pyridine rings is 1. The number of fused-ring (bicyclic) bond motifs is 1. The van der Waals surface area contributed by atoms with Crippen molar-refractivity contribution in [1.29, 1.82) is 0 Å². The minimum absolute atomic E-state index is 0.128. The zero-order valence-corrected chi connectivity index (χ0v) is 19.5. The van der Waals surface area contributed by atoms with E-state index in [4.69, 9.17) is 27.9 Å². The van der Waals surface area contributed by atoms with Crippen LogP contribution >= 0.6 is 23.2 Å². The molecule has 1 fully saturated rings. The first-order valence-corrected chi connectivity index (χ1v) is 11.4. The van der Waals surface area contributed by atoms with Gasteiger partial charge in [-0.05, 0) is 55.0 Å². The molecule has 0 aliphatic carbocycles. The smallest absolute Gasteiger partial charge is 0.334 e. The van der Waals surface area contributed by atoms with Crippen molar-refractivity contribution < 1.29 is 9.53 Å². The Hall–Kier alpha value is -3.55. The molecule has 0 radical (unpaired) electrons. The first-order valence-electron chi connectivity index (χ1n) is 10.7. The van der Waals surface area contributed by atoms with Crippen LogP contribution in [0.4, 0.5) is 0 Å². The number of hydrogen-bond donors (Lipinski definition) is 0. The quantitative estimate of drug-likeness (QED) is 0.355. The number of amides is 1. The Balaban J connectivity index is 1.50. The van der Waals surface area contributed by atoms with Gasteiger partial charge >= 0.3 is 5.69 Å². The summed E-state index contributed by atoms with van der Waals surface area (Å²) >= 11 is 12.3. The molecule has 34 heavy (non-hydrogen) atoms. The van der Waals surface area contributed by atoms with Gasteiger partial charge in [0.05, 0.1) is 34.0 Å². The molecule has 0 N–H and O–H groups in total. The number of halogens is 2. The lowest BCUT2D eigenvalue weighted by Gasteiger charge is -2.15. The van der Waals surface area contributed by atoms with E-state index in [9.17, 15) is 9.59 Å². The van der Waals surface area contributed by atoms with Gasteiger partial charge in [0.15, 0.2) is 0 Å². The molecule has 5 rings (SSSR count). The molecule has 4 aromatic rings. The minimum Gasteiger partial charge on any atom is -0.456 e. The summed E-state index contributed by atoms with van der Waals surface area (Å²) in [5.74, 6) is 0.869. The van der Waals surface area contributed by atoms with E-state index < -0.39 is 0 Å². The highest BCUT2D eigenvalue weighted by Crippen LogP contribution is 2.35. The normalized spacial score (nSPS) is 15.6. The van der Waals surface area contributed by atoms with Crippen LogP contribution in [-0.4, -0.2) is 38.0 Å². The fourth-order valence-electron chi connectivity index (χ4n) is 4.31. The molecule has 7 nitrogen and oxygen atoms in total. The highest BCUT2D eigenvalue weighted by Gasteiger charge is 2.30. The highest BCUT2D eigenvalue weighted by atomic mass is 35.5. The molecule has 0 saturated carbocycles. The molecule has 3 heterocycles. The third-order valence-corrected chi connectivity index (χ3v) is 6.73. The third kappa shape index (κ3) is 3.87. The highest BCUT2D eigenvalue weighted by molar-refractivity contribution is 6.42. The summed E-state index contributed by atoms with van der Waals surface area (Å²) in [5, 5.41) is 0.738. The van der Waals surface area contributed by atoms with Gasteiger partial charge in [0.1, 0.15) is 16.5 Å². The molecule has 9 heteroatoms. The van der Waals surface area contributed by atoms with Crippen molar-refractivity contribution in [3.63, 3.8) is 0 Å². The van der Waals surface area contributed by atoms with Crippen molar-refractivity contribution in [2.45, 2.75) is 12.5 Å². The number of ether oxygens (including phenoxy) is 1. The average Bonchev–Trinajstić information content (AvgIpc) is 3.44. The maximum atomic E-state index is 13.6. The van der Waals surface area contributed by atoms with Crippen LogP contribution in [0, 0.1) is 0 Å². The van der Waals surface area contributed by atoms with Gasteiger partial charge in [0.2, 0.25) is 5.91 Å². The largest absolute Gasteiger partial charge is 0.456 e. The maximum absolute atomic E-state index is 13.6. The second-order valence-corrected chi connectivity index (χ2v) is 8.72. The zero-order chi connectivity index (χ0) is 23.8. The second kappa shape index (κ2) is 9.00. The average molecular weight is 495 g/mol. The number of imidazole rings is 1. The van der Waals surface area contributed by atoms with Gasteiger partial charge < -0.3 is 9.64 Å². The zero-order valence-electron chi connectivity index (χ0n) is 18.0. The molecule has 0 spiro atoms. The number of likely N-dealkylation sites (tertiary alicyclic amines) is 1. The number of carbonyl (C=O) groups excluding carboxylic acids is 1. The Kier molecular flexibility index (Phi) is 5.89. The van der Waals surface area contributed by atoms with Gasteiger partial charge in [-0.1, -0.05) is 35.8 Å². The lowest BCUT2D eigenvalue weighted by molar-refractivity contribution is -0.125. The summed E-state index contributed by atoms with van der Waals surface area (Å²) in [6.45, 7) is 4.60. The van der Waals surface area contributed by atoms with Crippen molar-refractivity contribution in [3.8, 4) is 17.2 Å². The van der Waals surface area contributed by atoms with Gasteiger partial charge in [0, 0.05) is 19.3 Å². The van der Waals surface area contributed by atoms with Crippen molar-refractivity contribution >= 4 is 40.1 Å². The molecule has 2 aromatic carbocycles. The Bertz CT molecular complexity index is 1460. The Morgan fingerprint density at radius 1 is 1.12 bits per heavy atom. The fraction of sp³-hybridized carbons (Fsp3) is 0.160. The number of nitrogens with zero attached hydrogens (tertiary/aromatic N) is 4. The van der Waals surface area contributed by atoms with Crippen molar-refractivity contribution in [3.05, 3.63) is 94.1 Å². The maximum Gasteiger partial charge on any atom is 0.334 e. The monoisotopic (exact) mass is 494 g/mol. The molecular weight excluding hydrogens is 475 g/mol. The number of benzene rings is 2. The molecule has 0 bridgehead atoms. The van der Waals surface area contributed by atoms with Crippen LogP contribution in [0.15, 0.2) is 78.4 Å². The standard InChI is InChI=1S/C25H20Cl2N4O3/c1-2-23(32)29-13-11-17(15-29)31-20-10-12-28-14-21(20)30(25(31)33)16-6-8-18(9-7-16)34-22-5-3-4-19(26)24(22)27/h2-10,12,14,17H,1,11,13,15H2. The van der Waals surface area contributed by atoms with Crippen LogP contribution in [0.2, 0.25) is 10.0 Å². The predicted molar refractivity (Wildman–Crippen MR) is 132 cm³/mol. The Labute approximate surface area is 205 Å². The van der Waals surface area contributed by atoms with Crippen LogP contribution in [0.1, 0.15) is 12.5 Å². The van der Waals surface area contributed by atoms with Gasteiger partial charge in [-0.15, -0.1) is 0 Å². The van der Waals surface area contributed by atoms with E-state index >= 15 is 0 Å². The Morgan fingerprint density at radius 2 is 1.91 bits per heavy atom. The van der Waals surface area contributed by atoms with Crippen LogP contribution in [-0.2, 0) is 4.79 Å². The fourth-order valence-corrected chi connectivity index (χ4v) is 4.64. The number of rotatable bonds is 5. The molecule has 1 unspecified atom stereocenters. The molecule has 1 saturated heterocycles. The van der Waals surface area contributed by atoms with Crippen LogP contribution in [0.25, 0.3) is 16.7 Å². The number of aromatic nitrogens is 3. The van der Waals surface area contributed by atoms with Crippen LogP contribution in [0.5, 0.6) is 11.5 Å². The van der Waals surface area contributed by atoms with E-state index in [1.165, 1.54) is 6.08 Å². The van der Waals surface area contributed by atoms with Crippen molar-refractivity contribution in [1.82, 2.24) is 19.0 Å². The summed E-state index contributed by atoms with van der Waals surface area (Å²) < 4.78 is 9.24. The van der Waals surface area contributed by atoms with E-state index in [2.05, 4.69) is 11.6 Å². The van der Waals surface area contributed by atoms with Gasteiger partial charge in [-0.3, -0.25) is 18.9 Å². The lowest BCUT2D eigenvalue weighted by atomic mass is 10.2. The molecular formula is C25H20Cl2N4O3. The third-order valence-electron chi connectivity index (χ3n) is 5.93. The van der Waals surface area contributed by atoms with Gasteiger partial charge in [0.25, 0.3) is 0 Å². The van der Waals surface area contributed by atoms with Crippen molar-refractivity contribution in [2.75, 3.05) is 13.1 Å². The molecule has 1 aliphatic rings. The topological polar surface area (TPSA) is 69.4 Å². The number of hydrogen-bond acceptors (Lipinski definition) is 4. The first-order chi connectivity index (χ1) is 16.5. The lowest BCUT2D eigenvalue weighted by Crippen LogP contribution is -2.31. The van der Waals surface area contributed by atoms with E-state index in [0.29, 0.717) is 52.3 Å². The van der Waals surface area contributed by atoms with Gasteiger partial charge in [-0.2, -0.15) is 0 Å². The predicted octanol–water partition coefficient (Wildman–Crippen LogP) is 5.25. The van der Waals surface area contributed by atoms with E-state index in [0.717, 1.165) is 5.52 Å². The summed E-state index contributed by atoms with van der Waals surface area (Å²) in [6.07, 6.45) is 5.33. The SMILES string of the molecule is C=CC(=O)N1CCC(n2c(=O)n(-c3ccc(Oc4cccc(Cl)c4Cl)cc3)c3cnccc32)C1. The summed E-state index contributed by atoms with van der Waals surface area (Å²) in [7, 11) is 0. The second-order valence-electron chi connectivity index (χ2n) is 7.93. The van der Waals surface area contributed by atoms with Crippen LogP contribution < -0.4 is 10.4 Å². The molecule has 2 aromatic heterocycles. The molecule has 1 amide bonds. The molecule has 172 valence electrons. The first kappa shape index (κ1) is 22.3. The summed E-state index contributed by atoms with van der Waals surface area (Å²) in [4.78, 5) is 31.6. The van der Waals surface area contributed by atoms with E-state index in [1.807, 2.05) is 6.07 Å². The van der Waals surface area contributed by atoms with E-state index in [1.54, 1.807) is 68.9 Å². The van der Waals surface area contributed by atoms with E-state index in [-0.39, 0.29) is 17.6 Å². The Morgan fingerprint density at radius 3 is 2.68 bits per heavy atom. The number of carbonyl (C=O) groups is 1. The molecule has 1 atom stereocenters. The van der Waals surface area contributed by atoms with Crippen LogP contribution in [0.3, 0.4) is 0 Å². The molecule has 1 aliphatic heterocycles. The summed E-state index contributed by atoms with van der Waals surface area (Å²) in [5.41, 5.74) is 1.94. The minimum atomic E-state index is -0.188. The summed E-state index contributed by atoms with van der Waals surface area (Å²) in [6, 6.07) is 14.0. The van der Waals surface area contributed by atoms with Crippen molar-refractivity contribution in [2.24, 2.45) is 0 Å².